The van der Waals surface area contributed by atoms with Crippen molar-refractivity contribution in [1.29, 1.82) is 0 Å². The van der Waals surface area contributed by atoms with E-state index in [1.54, 1.807) is 36.4 Å². The minimum atomic E-state index is 0.525. The molecule has 0 amide bonds. The van der Waals surface area contributed by atoms with Crippen LogP contribution in [0.1, 0.15) is 5.89 Å². The molecular weight excluding hydrogens is 268 g/mol. The van der Waals surface area contributed by atoms with Crippen LogP contribution >= 0.6 is 0 Å². The maximum Gasteiger partial charge on any atom is 0.223 e. The highest BCUT2D eigenvalue weighted by Crippen LogP contribution is 2.20. The second-order valence-electron chi connectivity index (χ2n) is 4.53. The summed E-state index contributed by atoms with van der Waals surface area (Å²) < 4.78 is 6.74. The minimum absolute atomic E-state index is 0.525. The van der Waals surface area contributed by atoms with Gasteiger partial charge < -0.3 is 4.52 Å². The van der Waals surface area contributed by atoms with Crippen LogP contribution in [0, 0.1) is 6.92 Å². The van der Waals surface area contributed by atoms with E-state index in [1.807, 2.05) is 18.2 Å². The summed E-state index contributed by atoms with van der Waals surface area (Å²) in [7, 11) is 0. The SMILES string of the molecule is Cc1nc(-c2ccnc(-n3ncc4ccncc43)c2)no1. The summed E-state index contributed by atoms with van der Waals surface area (Å²) in [4.78, 5) is 12.7. The number of nitrogens with zero attached hydrogens (tertiary/aromatic N) is 6. The fourth-order valence-corrected chi connectivity index (χ4v) is 2.14. The van der Waals surface area contributed by atoms with E-state index in [9.17, 15) is 0 Å². The van der Waals surface area contributed by atoms with Gasteiger partial charge in [-0.25, -0.2) is 9.67 Å². The monoisotopic (exact) mass is 278 g/mol. The third-order valence-electron chi connectivity index (χ3n) is 3.12. The molecule has 102 valence electrons. The van der Waals surface area contributed by atoms with Crippen LogP contribution in [0.25, 0.3) is 28.1 Å². The Hall–Kier alpha value is -3.09. The van der Waals surface area contributed by atoms with E-state index in [1.165, 1.54) is 0 Å². The second kappa shape index (κ2) is 4.48. The van der Waals surface area contributed by atoms with E-state index in [-0.39, 0.29) is 0 Å². The van der Waals surface area contributed by atoms with Gasteiger partial charge in [0.2, 0.25) is 11.7 Å². The fourth-order valence-electron chi connectivity index (χ4n) is 2.14. The summed E-state index contributed by atoms with van der Waals surface area (Å²) in [5, 5.41) is 9.28. The lowest BCUT2D eigenvalue weighted by Gasteiger charge is -2.03. The first-order valence-corrected chi connectivity index (χ1v) is 6.36. The van der Waals surface area contributed by atoms with Crippen LogP contribution in [0.3, 0.4) is 0 Å². The Morgan fingerprint density at radius 3 is 2.95 bits per heavy atom. The van der Waals surface area contributed by atoms with Crippen molar-refractivity contribution in [3.63, 3.8) is 0 Å². The van der Waals surface area contributed by atoms with Crippen molar-refractivity contribution < 1.29 is 4.52 Å². The average molecular weight is 278 g/mol. The Morgan fingerprint density at radius 1 is 1.14 bits per heavy atom. The zero-order valence-corrected chi connectivity index (χ0v) is 11.1. The first-order valence-electron chi connectivity index (χ1n) is 6.36. The molecule has 0 fully saturated rings. The molecule has 0 spiro atoms. The molecule has 0 aromatic carbocycles. The van der Waals surface area contributed by atoms with Crippen LogP contribution in [0.5, 0.6) is 0 Å². The summed E-state index contributed by atoms with van der Waals surface area (Å²) in [6.07, 6.45) is 6.97. The number of aryl methyl sites for hydroxylation is 1. The van der Waals surface area contributed by atoms with Gasteiger partial charge in [0.15, 0.2) is 5.82 Å². The van der Waals surface area contributed by atoms with E-state index < -0.39 is 0 Å². The van der Waals surface area contributed by atoms with Crippen LogP contribution in [0.15, 0.2) is 47.5 Å². The van der Waals surface area contributed by atoms with Gasteiger partial charge in [0.25, 0.3) is 0 Å². The van der Waals surface area contributed by atoms with Crippen molar-refractivity contribution in [2.75, 3.05) is 0 Å². The maximum absolute atomic E-state index is 5.01. The van der Waals surface area contributed by atoms with Gasteiger partial charge in [-0.2, -0.15) is 10.1 Å². The van der Waals surface area contributed by atoms with Crippen molar-refractivity contribution in [3.8, 4) is 17.2 Å². The number of pyridine rings is 2. The van der Waals surface area contributed by atoms with E-state index in [0.717, 1.165) is 16.5 Å². The highest BCUT2D eigenvalue weighted by molar-refractivity contribution is 5.78. The predicted octanol–water partition coefficient (Wildman–Crippen LogP) is 2.17. The second-order valence-corrected chi connectivity index (χ2v) is 4.53. The lowest BCUT2D eigenvalue weighted by Crippen LogP contribution is -1.99. The van der Waals surface area contributed by atoms with Gasteiger partial charge in [0, 0.05) is 30.3 Å². The summed E-state index contributed by atoms with van der Waals surface area (Å²) >= 11 is 0. The lowest BCUT2D eigenvalue weighted by molar-refractivity contribution is 0.394. The topological polar surface area (TPSA) is 82.5 Å². The zero-order chi connectivity index (χ0) is 14.2. The van der Waals surface area contributed by atoms with Crippen molar-refractivity contribution >= 4 is 10.9 Å². The minimum Gasteiger partial charge on any atom is -0.339 e. The smallest absolute Gasteiger partial charge is 0.223 e. The largest absolute Gasteiger partial charge is 0.339 e. The van der Waals surface area contributed by atoms with Crippen LogP contribution in [-0.2, 0) is 0 Å². The van der Waals surface area contributed by atoms with Crippen LogP contribution in [-0.4, -0.2) is 29.9 Å². The molecule has 0 unspecified atom stereocenters. The van der Waals surface area contributed by atoms with Crippen molar-refractivity contribution in [1.82, 2.24) is 29.9 Å². The molecular formula is C14H10N6O. The number of hydrogen-bond donors (Lipinski definition) is 0. The quantitative estimate of drug-likeness (QED) is 0.559. The highest BCUT2D eigenvalue weighted by Gasteiger charge is 2.10. The van der Waals surface area contributed by atoms with Crippen molar-refractivity contribution in [2.24, 2.45) is 0 Å². The molecule has 0 aliphatic rings. The summed E-state index contributed by atoms with van der Waals surface area (Å²) in [6.45, 7) is 1.76. The molecule has 0 aliphatic carbocycles. The number of rotatable bonds is 2. The van der Waals surface area contributed by atoms with Gasteiger partial charge >= 0.3 is 0 Å². The Labute approximate surface area is 119 Å². The molecule has 0 aliphatic heterocycles. The molecule has 0 radical (unpaired) electrons. The lowest BCUT2D eigenvalue weighted by atomic mass is 10.2. The van der Waals surface area contributed by atoms with Crippen LogP contribution < -0.4 is 0 Å². The molecule has 4 rings (SSSR count). The molecule has 0 bridgehead atoms. The van der Waals surface area contributed by atoms with Gasteiger partial charge in [-0.15, -0.1) is 0 Å². The molecule has 4 aromatic rings. The van der Waals surface area contributed by atoms with Gasteiger partial charge in [-0.1, -0.05) is 5.16 Å². The number of hydrogen-bond acceptors (Lipinski definition) is 6. The first-order chi connectivity index (χ1) is 10.3. The predicted molar refractivity (Wildman–Crippen MR) is 74.7 cm³/mol. The van der Waals surface area contributed by atoms with Gasteiger partial charge in [-0.3, -0.25) is 4.98 Å². The normalized spacial score (nSPS) is 11.1. The summed E-state index contributed by atoms with van der Waals surface area (Å²) in [5.74, 6) is 1.74. The molecule has 0 saturated carbocycles. The molecule has 4 heterocycles. The standard InChI is InChI=1S/C14H10N6O/c1-9-18-14(19-21-9)10-3-5-16-13(6-10)20-12-8-15-4-2-11(12)7-17-20/h2-8H,1H3. The number of fused-ring (bicyclic) bond motifs is 1. The average Bonchev–Trinajstić information content (AvgIpc) is 3.13. The molecule has 7 nitrogen and oxygen atoms in total. The van der Waals surface area contributed by atoms with E-state index in [4.69, 9.17) is 4.52 Å². The Kier molecular flexibility index (Phi) is 2.50. The Balaban J connectivity index is 1.86. The highest BCUT2D eigenvalue weighted by atomic mass is 16.5. The summed E-state index contributed by atoms with van der Waals surface area (Å²) in [5.41, 5.74) is 1.72. The van der Waals surface area contributed by atoms with Crippen LogP contribution in [0.2, 0.25) is 0 Å². The molecule has 0 atom stereocenters. The molecule has 0 N–H and O–H groups in total. The fraction of sp³-hybridized carbons (Fsp3) is 0.0714. The first kappa shape index (κ1) is 11.7. The van der Waals surface area contributed by atoms with Gasteiger partial charge in [0.05, 0.1) is 17.9 Å². The Bertz CT molecular complexity index is 926. The van der Waals surface area contributed by atoms with Crippen LogP contribution in [0.4, 0.5) is 0 Å². The van der Waals surface area contributed by atoms with Crippen molar-refractivity contribution in [3.05, 3.63) is 48.9 Å². The molecule has 4 aromatic heterocycles. The molecule has 21 heavy (non-hydrogen) atoms. The van der Waals surface area contributed by atoms with Gasteiger partial charge in [0.1, 0.15) is 0 Å². The van der Waals surface area contributed by atoms with Gasteiger partial charge in [-0.05, 0) is 18.2 Å². The maximum atomic E-state index is 5.01. The molecule has 7 heteroatoms. The van der Waals surface area contributed by atoms with E-state index in [0.29, 0.717) is 17.5 Å². The van der Waals surface area contributed by atoms with Crippen molar-refractivity contribution in [2.45, 2.75) is 6.92 Å². The van der Waals surface area contributed by atoms with E-state index in [2.05, 4.69) is 25.2 Å². The Morgan fingerprint density at radius 2 is 2.10 bits per heavy atom. The summed E-state index contributed by atoms with van der Waals surface area (Å²) in [6, 6.07) is 5.60. The third-order valence-corrected chi connectivity index (χ3v) is 3.12. The molecule has 0 saturated heterocycles. The zero-order valence-electron chi connectivity index (χ0n) is 11.1. The third kappa shape index (κ3) is 1.95. The number of aromatic nitrogens is 6. The van der Waals surface area contributed by atoms with E-state index >= 15 is 0 Å².